The summed E-state index contributed by atoms with van der Waals surface area (Å²) in [7, 11) is -3.64. The minimum Gasteiger partial charge on any atom is -0.326 e. The minimum atomic E-state index is -3.64. The van der Waals surface area contributed by atoms with E-state index in [-0.39, 0.29) is 18.4 Å². The summed E-state index contributed by atoms with van der Waals surface area (Å²) in [5.41, 5.74) is 4.58. The molecule has 1 aliphatic heterocycles. The highest BCUT2D eigenvalue weighted by molar-refractivity contribution is 7.89. The zero-order valence-electron chi connectivity index (χ0n) is 19.1. The Morgan fingerprint density at radius 1 is 1.10 bits per heavy atom. The molecule has 5 nitrogen and oxygen atoms in total. The molecule has 0 spiro atoms. The number of carbonyl (C=O) groups excluding carboxylic acids is 1. The van der Waals surface area contributed by atoms with E-state index < -0.39 is 10.0 Å². The van der Waals surface area contributed by atoms with E-state index in [1.165, 1.54) is 9.87 Å². The second-order valence-electron chi connectivity index (χ2n) is 8.72. The Morgan fingerprint density at radius 3 is 2.35 bits per heavy atom. The molecule has 0 radical (unpaired) electrons. The highest BCUT2D eigenvalue weighted by Gasteiger charge is 2.34. The van der Waals surface area contributed by atoms with E-state index in [0.29, 0.717) is 24.3 Å². The molecule has 0 unspecified atom stereocenters. The van der Waals surface area contributed by atoms with Crippen molar-refractivity contribution in [1.82, 2.24) is 4.31 Å². The Hall–Kier alpha value is -2.18. The fraction of sp³-hybridized carbons (Fsp3) is 0.480. The van der Waals surface area contributed by atoms with Gasteiger partial charge in [0.25, 0.3) is 0 Å². The van der Waals surface area contributed by atoms with Gasteiger partial charge in [-0.1, -0.05) is 43.2 Å². The highest BCUT2D eigenvalue weighted by atomic mass is 32.2. The summed E-state index contributed by atoms with van der Waals surface area (Å²) in [6.07, 6.45) is 4.72. The normalized spacial score (nSPS) is 17.5. The van der Waals surface area contributed by atoms with Gasteiger partial charge in [-0.25, -0.2) is 8.42 Å². The number of hydrogen-bond donors (Lipinski definition) is 1. The third-order valence-electron chi connectivity index (χ3n) is 6.00. The van der Waals surface area contributed by atoms with Crippen molar-refractivity contribution in [3.8, 4) is 0 Å². The van der Waals surface area contributed by atoms with Gasteiger partial charge in [0.15, 0.2) is 0 Å². The van der Waals surface area contributed by atoms with E-state index in [1.54, 1.807) is 0 Å². The van der Waals surface area contributed by atoms with Crippen molar-refractivity contribution in [2.45, 2.75) is 64.7 Å². The number of sulfonamides is 1. The van der Waals surface area contributed by atoms with Crippen molar-refractivity contribution in [3.63, 3.8) is 0 Å². The summed E-state index contributed by atoms with van der Waals surface area (Å²) in [4.78, 5) is 13.3. The van der Waals surface area contributed by atoms with E-state index in [4.69, 9.17) is 0 Å². The van der Waals surface area contributed by atoms with Gasteiger partial charge in [0, 0.05) is 18.8 Å². The molecule has 1 heterocycles. The monoisotopic (exact) mass is 442 g/mol. The Bertz CT molecular complexity index is 1010. The van der Waals surface area contributed by atoms with Gasteiger partial charge in [-0.2, -0.15) is 4.31 Å². The molecule has 0 saturated carbocycles. The van der Waals surface area contributed by atoms with Crippen molar-refractivity contribution in [1.29, 1.82) is 0 Å². The summed E-state index contributed by atoms with van der Waals surface area (Å²) in [5.74, 6) is -0.465. The van der Waals surface area contributed by atoms with Crippen LogP contribution in [0.5, 0.6) is 0 Å². The van der Waals surface area contributed by atoms with Gasteiger partial charge in [-0.3, -0.25) is 4.79 Å². The van der Waals surface area contributed by atoms with Gasteiger partial charge in [0.2, 0.25) is 15.9 Å². The van der Waals surface area contributed by atoms with Gasteiger partial charge in [0.1, 0.15) is 0 Å². The molecule has 31 heavy (non-hydrogen) atoms. The number of carbonyl (C=O) groups is 1. The van der Waals surface area contributed by atoms with Crippen molar-refractivity contribution in [2.75, 3.05) is 18.4 Å². The summed E-state index contributed by atoms with van der Waals surface area (Å²) in [6, 6.07) is 11.8. The maximum Gasteiger partial charge on any atom is 0.243 e. The standard InChI is InChI=1S/C25H34N2O3S/c1-5-6-8-21-10-12-23(13-11-21)26-25(28)22-9-7-14-27(17-22)31(29,30)24-19(3)15-18(2)16-20(24)4/h10-13,15-16,22H,5-9,14,17H2,1-4H3,(H,26,28)/t22-/m1/s1. The lowest BCUT2D eigenvalue weighted by Gasteiger charge is -2.32. The molecule has 1 aliphatic rings. The third-order valence-corrected chi connectivity index (χ3v) is 8.17. The van der Waals surface area contributed by atoms with Gasteiger partial charge < -0.3 is 5.32 Å². The van der Waals surface area contributed by atoms with Crippen LogP contribution >= 0.6 is 0 Å². The fourth-order valence-electron chi connectivity index (χ4n) is 4.46. The molecule has 168 valence electrons. The van der Waals surface area contributed by atoms with Gasteiger partial charge in [-0.15, -0.1) is 0 Å². The summed E-state index contributed by atoms with van der Waals surface area (Å²) in [5, 5.41) is 2.98. The maximum absolute atomic E-state index is 13.4. The van der Waals surface area contributed by atoms with Crippen LogP contribution in [0.4, 0.5) is 5.69 Å². The smallest absolute Gasteiger partial charge is 0.243 e. The molecule has 1 amide bonds. The molecule has 0 bridgehead atoms. The Kier molecular flexibility index (Phi) is 7.55. The summed E-state index contributed by atoms with van der Waals surface area (Å²) in [6.45, 7) is 8.48. The van der Waals surface area contributed by atoms with E-state index in [1.807, 2.05) is 57.2 Å². The van der Waals surface area contributed by atoms with Crippen LogP contribution < -0.4 is 5.32 Å². The van der Waals surface area contributed by atoms with E-state index in [9.17, 15) is 13.2 Å². The maximum atomic E-state index is 13.4. The molecule has 1 saturated heterocycles. The zero-order chi connectivity index (χ0) is 22.6. The number of unbranched alkanes of at least 4 members (excludes halogenated alkanes) is 1. The average Bonchev–Trinajstić information content (AvgIpc) is 2.72. The van der Waals surface area contributed by atoms with E-state index in [2.05, 4.69) is 12.2 Å². The van der Waals surface area contributed by atoms with Crippen molar-refractivity contribution < 1.29 is 13.2 Å². The Labute approximate surface area is 186 Å². The predicted molar refractivity (Wildman–Crippen MR) is 126 cm³/mol. The molecule has 3 rings (SSSR count). The van der Waals surface area contributed by atoms with Crippen LogP contribution in [0, 0.1) is 26.7 Å². The second kappa shape index (κ2) is 9.96. The summed E-state index contributed by atoms with van der Waals surface area (Å²) >= 11 is 0. The third kappa shape index (κ3) is 5.55. The number of aryl methyl sites for hydroxylation is 4. The number of piperidine rings is 1. The van der Waals surface area contributed by atoms with Crippen LogP contribution in [0.3, 0.4) is 0 Å². The number of rotatable bonds is 7. The van der Waals surface area contributed by atoms with E-state index in [0.717, 1.165) is 41.6 Å². The number of nitrogens with zero attached hydrogens (tertiary/aromatic N) is 1. The molecule has 1 N–H and O–H groups in total. The van der Waals surface area contributed by atoms with Gasteiger partial charge >= 0.3 is 0 Å². The number of amides is 1. The van der Waals surface area contributed by atoms with Gasteiger partial charge in [-0.05, 0) is 75.3 Å². The molecule has 1 atom stereocenters. The van der Waals surface area contributed by atoms with Crippen LogP contribution in [0.25, 0.3) is 0 Å². The molecule has 1 fully saturated rings. The minimum absolute atomic E-state index is 0.112. The first-order valence-corrected chi connectivity index (χ1v) is 12.6. The molecule has 0 aromatic heterocycles. The molecular weight excluding hydrogens is 408 g/mol. The summed E-state index contributed by atoms with van der Waals surface area (Å²) < 4.78 is 28.3. The van der Waals surface area contributed by atoms with E-state index >= 15 is 0 Å². The number of benzene rings is 2. The van der Waals surface area contributed by atoms with Crippen molar-refractivity contribution >= 4 is 21.6 Å². The van der Waals surface area contributed by atoms with Crippen LogP contribution in [-0.4, -0.2) is 31.7 Å². The predicted octanol–water partition coefficient (Wildman–Crippen LogP) is 4.99. The first-order valence-electron chi connectivity index (χ1n) is 11.2. The quantitative estimate of drug-likeness (QED) is 0.657. The molecule has 6 heteroatoms. The number of hydrogen-bond acceptors (Lipinski definition) is 3. The lowest BCUT2D eigenvalue weighted by molar-refractivity contribution is -0.120. The first kappa shape index (κ1) is 23.5. The number of anilines is 1. The van der Waals surface area contributed by atoms with Gasteiger partial charge in [0.05, 0.1) is 10.8 Å². The molecular formula is C25H34N2O3S. The average molecular weight is 443 g/mol. The van der Waals surface area contributed by atoms with Crippen LogP contribution in [0.2, 0.25) is 0 Å². The lowest BCUT2D eigenvalue weighted by Crippen LogP contribution is -2.44. The topological polar surface area (TPSA) is 66.5 Å². The Balaban J connectivity index is 1.70. The van der Waals surface area contributed by atoms with Crippen LogP contribution in [-0.2, 0) is 21.2 Å². The molecule has 2 aromatic carbocycles. The largest absolute Gasteiger partial charge is 0.326 e. The van der Waals surface area contributed by atoms with Crippen molar-refractivity contribution in [2.24, 2.45) is 5.92 Å². The first-order chi connectivity index (χ1) is 14.7. The second-order valence-corrected chi connectivity index (χ2v) is 10.6. The molecule has 0 aliphatic carbocycles. The van der Waals surface area contributed by atoms with Crippen molar-refractivity contribution in [3.05, 3.63) is 58.7 Å². The SMILES string of the molecule is CCCCc1ccc(NC(=O)[C@@H]2CCCN(S(=O)(=O)c3c(C)cc(C)cc3C)C2)cc1. The number of nitrogens with one attached hydrogen (secondary N) is 1. The zero-order valence-corrected chi connectivity index (χ0v) is 19.9. The Morgan fingerprint density at radius 2 is 1.74 bits per heavy atom. The highest BCUT2D eigenvalue weighted by Crippen LogP contribution is 2.29. The van der Waals surface area contributed by atoms with Crippen LogP contribution in [0.15, 0.2) is 41.3 Å². The molecule has 2 aromatic rings. The lowest BCUT2D eigenvalue weighted by atomic mass is 9.98. The fourth-order valence-corrected chi connectivity index (χ4v) is 6.39. The van der Waals surface area contributed by atoms with Crippen LogP contribution in [0.1, 0.15) is 54.9 Å².